The van der Waals surface area contributed by atoms with Gasteiger partial charge >= 0.3 is 14.0 Å². The molecule has 0 radical (unpaired) electrons. The maximum Gasteiger partial charge on any atom is 0.514 e. The van der Waals surface area contributed by atoms with E-state index in [4.69, 9.17) is 0 Å². The van der Waals surface area contributed by atoms with Gasteiger partial charge in [0, 0.05) is 22.7 Å². The van der Waals surface area contributed by atoms with E-state index in [1.807, 2.05) is 24.3 Å². The first-order valence-electron chi connectivity index (χ1n) is 7.08. The highest BCUT2D eigenvalue weighted by molar-refractivity contribution is 7.38. The Hall–Kier alpha value is -2.49. The van der Waals surface area contributed by atoms with E-state index in [1.54, 1.807) is 36.5 Å². The molecule has 3 rings (SSSR count). The van der Waals surface area contributed by atoms with Crippen molar-refractivity contribution in [2.75, 3.05) is 0 Å². The Labute approximate surface area is 133 Å². The summed E-state index contributed by atoms with van der Waals surface area (Å²) in [5, 5.41) is 10.4. The molecule has 23 heavy (non-hydrogen) atoms. The van der Waals surface area contributed by atoms with Crippen LogP contribution in [0, 0.1) is 0 Å². The van der Waals surface area contributed by atoms with Crippen molar-refractivity contribution in [1.29, 1.82) is 0 Å². The average Bonchev–Trinajstić information content (AvgIpc) is 2.96. The number of para-hydroxylation sites is 1. The summed E-state index contributed by atoms with van der Waals surface area (Å²) in [6, 6.07) is 15.9. The van der Waals surface area contributed by atoms with Crippen LogP contribution in [0.5, 0.6) is 0 Å². The third-order valence-corrected chi connectivity index (χ3v) is 4.97. The van der Waals surface area contributed by atoms with Crippen LogP contribution in [-0.2, 0) is 9.36 Å². The van der Waals surface area contributed by atoms with Gasteiger partial charge in [-0.3, -0.25) is 4.79 Å². The largest absolute Gasteiger partial charge is 0.514 e. The summed E-state index contributed by atoms with van der Waals surface area (Å²) in [4.78, 5) is 24.7. The van der Waals surface area contributed by atoms with Crippen LogP contribution in [0.25, 0.3) is 10.9 Å². The first-order chi connectivity index (χ1) is 11.1. The van der Waals surface area contributed by atoms with Crippen LogP contribution in [0.3, 0.4) is 0 Å². The van der Waals surface area contributed by atoms with Crippen molar-refractivity contribution in [2.45, 2.75) is 11.6 Å². The Kier molecular flexibility index (Phi) is 4.24. The highest BCUT2D eigenvalue weighted by Crippen LogP contribution is 2.49. The number of aromatic amines is 1. The summed E-state index contributed by atoms with van der Waals surface area (Å²) in [6.45, 7) is 0. The minimum atomic E-state index is -2.73. The van der Waals surface area contributed by atoms with E-state index in [-0.39, 0.29) is 0 Å². The fourth-order valence-electron chi connectivity index (χ4n) is 2.89. The molecule has 0 saturated carbocycles. The van der Waals surface area contributed by atoms with Gasteiger partial charge in [-0.05, 0) is 16.2 Å². The molecule has 116 valence electrons. The molecule has 1 heterocycles. The second-order valence-electron chi connectivity index (χ2n) is 5.26. The zero-order valence-corrected chi connectivity index (χ0v) is 13.0. The van der Waals surface area contributed by atoms with Crippen molar-refractivity contribution in [3.63, 3.8) is 0 Å². The fraction of sp³-hybridized carbons (Fsp3) is 0.118. The zero-order chi connectivity index (χ0) is 16.4. The number of hydrogen-bond acceptors (Lipinski definition) is 2. The van der Waals surface area contributed by atoms with Crippen LogP contribution >= 0.6 is 8.03 Å². The Bertz CT molecular complexity index is 859. The number of carbonyl (C=O) groups is 1. The molecular formula is C17H15NO4P+. The minimum Gasteiger partial charge on any atom is -0.481 e. The van der Waals surface area contributed by atoms with Crippen molar-refractivity contribution < 1.29 is 19.4 Å². The standard InChI is InChI=1S/C17H14NO4P/c19-17(20)15(11-6-2-1-3-7-11)16(23(21)22)13-10-18-14-9-5-4-8-12(13)14/h1-10,15-16,18H,(H-,19,20,21,22)/p+1. The lowest BCUT2D eigenvalue weighted by Gasteiger charge is -2.14. The Balaban J connectivity index is 2.17. The summed E-state index contributed by atoms with van der Waals surface area (Å²) < 4.78 is 12.0. The van der Waals surface area contributed by atoms with Gasteiger partial charge in [0.1, 0.15) is 5.92 Å². The van der Waals surface area contributed by atoms with Gasteiger partial charge in [0.25, 0.3) is 0 Å². The predicted octanol–water partition coefficient (Wildman–Crippen LogP) is 3.81. The second kappa shape index (κ2) is 6.32. The van der Waals surface area contributed by atoms with E-state index >= 15 is 0 Å². The number of nitrogens with one attached hydrogen (secondary N) is 1. The summed E-state index contributed by atoms with van der Waals surface area (Å²) in [5.41, 5.74) is 0.829. The smallest absolute Gasteiger partial charge is 0.481 e. The quantitative estimate of drug-likeness (QED) is 0.621. The van der Waals surface area contributed by atoms with Crippen molar-refractivity contribution in [1.82, 2.24) is 4.98 Å². The molecule has 1 aromatic heterocycles. The molecule has 0 bridgehead atoms. The molecule has 0 saturated heterocycles. The number of rotatable bonds is 5. The number of fused-ring (bicyclic) bond motifs is 1. The molecule has 0 aliphatic carbocycles. The van der Waals surface area contributed by atoms with Crippen molar-refractivity contribution in [2.24, 2.45) is 0 Å². The molecule has 0 spiro atoms. The number of carboxylic acid groups (broad SMARTS) is 1. The van der Waals surface area contributed by atoms with Gasteiger partial charge in [-0.1, -0.05) is 48.5 Å². The Morgan fingerprint density at radius 3 is 2.35 bits per heavy atom. The van der Waals surface area contributed by atoms with Gasteiger partial charge < -0.3 is 10.1 Å². The number of hydrogen-bond donors (Lipinski definition) is 3. The fourth-order valence-corrected chi connectivity index (χ4v) is 3.89. The summed E-state index contributed by atoms with van der Waals surface area (Å²) >= 11 is 0. The molecule has 0 amide bonds. The predicted molar refractivity (Wildman–Crippen MR) is 87.7 cm³/mol. The lowest BCUT2D eigenvalue weighted by Crippen LogP contribution is -2.18. The molecule has 2 aromatic carbocycles. The number of benzene rings is 2. The Morgan fingerprint density at radius 1 is 1.04 bits per heavy atom. The number of H-pyrrole nitrogens is 1. The molecule has 0 aliphatic rings. The average molecular weight is 328 g/mol. The molecule has 3 atom stereocenters. The summed E-state index contributed by atoms with van der Waals surface area (Å²) in [7, 11) is -2.73. The first kappa shape index (κ1) is 15.4. The SMILES string of the molecule is O=C(O)C(c1ccccc1)C(c1c[nH]c2ccccc12)[P+](=O)O. The third-order valence-electron chi connectivity index (χ3n) is 3.92. The van der Waals surface area contributed by atoms with Gasteiger partial charge in [-0.15, -0.1) is 0 Å². The van der Waals surface area contributed by atoms with E-state index in [0.29, 0.717) is 11.1 Å². The molecule has 6 heteroatoms. The van der Waals surface area contributed by atoms with Crippen molar-refractivity contribution in [3.8, 4) is 0 Å². The highest BCUT2D eigenvalue weighted by Gasteiger charge is 2.45. The third kappa shape index (κ3) is 2.89. The first-order valence-corrected chi connectivity index (χ1v) is 8.36. The van der Waals surface area contributed by atoms with E-state index in [2.05, 4.69) is 4.98 Å². The van der Waals surface area contributed by atoms with E-state index in [0.717, 1.165) is 10.9 Å². The monoisotopic (exact) mass is 328 g/mol. The minimum absolute atomic E-state index is 0.507. The Morgan fingerprint density at radius 2 is 1.70 bits per heavy atom. The molecule has 3 unspecified atom stereocenters. The number of aliphatic carboxylic acids is 1. The van der Waals surface area contributed by atoms with Crippen LogP contribution in [0.1, 0.15) is 22.7 Å². The topological polar surface area (TPSA) is 90.4 Å². The number of carboxylic acids is 1. The molecular weight excluding hydrogens is 313 g/mol. The summed E-state index contributed by atoms with van der Waals surface area (Å²) in [5.74, 6) is -2.21. The molecule has 5 nitrogen and oxygen atoms in total. The van der Waals surface area contributed by atoms with Gasteiger partial charge in [-0.2, -0.15) is 4.89 Å². The van der Waals surface area contributed by atoms with Crippen LogP contribution in [0.2, 0.25) is 0 Å². The van der Waals surface area contributed by atoms with Gasteiger partial charge in [-0.25, -0.2) is 0 Å². The van der Waals surface area contributed by atoms with Gasteiger partial charge in [0.15, 0.2) is 0 Å². The van der Waals surface area contributed by atoms with Crippen molar-refractivity contribution in [3.05, 3.63) is 71.9 Å². The van der Waals surface area contributed by atoms with Crippen LogP contribution in [-0.4, -0.2) is 21.0 Å². The zero-order valence-electron chi connectivity index (χ0n) is 12.1. The molecule has 0 fully saturated rings. The van der Waals surface area contributed by atoms with Crippen molar-refractivity contribution >= 4 is 24.9 Å². The summed E-state index contributed by atoms with van der Waals surface area (Å²) in [6.07, 6.45) is 1.62. The molecule has 3 N–H and O–H groups in total. The van der Waals surface area contributed by atoms with E-state index in [9.17, 15) is 19.4 Å². The maximum absolute atomic E-state index is 12.0. The van der Waals surface area contributed by atoms with Gasteiger partial charge in [0.05, 0.1) is 0 Å². The van der Waals surface area contributed by atoms with Crippen LogP contribution < -0.4 is 0 Å². The normalized spacial score (nSPS) is 14.4. The highest BCUT2D eigenvalue weighted by atomic mass is 31.1. The van der Waals surface area contributed by atoms with Gasteiger partial charge in [0.2, 0.25) is 5.66 Å². The maximum atomic E-state index is 12.0. The molecule has 3 aromatic rings. The van der Waals surface area contributed by atoms with Crippen LogP contribution in [0.15, 0.2) is 60.8 Å². The van der Waals surface area contributed by atoms with Crippen LogP contribution in [0.4, 0.5) is 0 Å². The number of aromatic nitrogens is 1. The second-order valence-corrected chi connectivity index (χ2v) is 6.42. The van der Waals surface area contributed by atoms with E-state index in [1.165, 1.54) is 0 Å². The molecule has 0 aliphatic heterocycles. The van der Waals surface area contributed by atoms with E-state index < -0.39 is 25.6 Å². The lowest BCUT2D eigenvalue weighted by molar-refractivity contribution is -0.138. The lowest BCUT2D eigenvalue weighted by atomic mass is 9.91.